The predicted octanol–water partition coefficient (Wildman–Crippen LogP) is 12.0. The number of fused-ring (bicyclic) bond motifs is 2. The molecule has 1 aromatic heterocycles. The zero-order valence-corrected chi connectivity index (χ0v) is 33.9. The number of rotatable bonds is 5. The van der Waals surface area contributed by atoms with Crippen molar-refractivity contribution in [2.75, 3.05) is 4.90 Å². The molecule has 0 radical (unpaired) electrons. The quantitative estimate of drug-likeness (QED) is 0.188. The Kier molecular flexibility index (Phi) is 9.56. The van der Waals surface area contributed by atoms with E-state index in [1.165, 1.54) is 48.9 Å². The fraction of sp³-hybridized carbons (Fsp3) is 0.467. The Labute approximate surface area is 315 Å². The number of hydrogen-bond acceptors (Lipinski definition) is 4. The topological polar surface area (TPSA) is 37.7 Å². The molecule has 4 nitrogen and oxygen atoms in total. The van der Waals surface area contributed by atoms with Gasteiger partial charge in [-0.1, -0.05) is 137 Å². The Hall–Kier alpha value is -3.23. The van der Waals surface area contributed by atoms with Crippen LogP contribution in [-0.2, 0) is 26.5 Å². The van der Waals surface area contributed by atoms with Crippen molar-refractivity contribution in [2.45, 2.75) is 112 Å². The maximum atomic E-state index is 6.73. The van der Waals surface area contributed by atoms with Gasteiger partial charge in [0.05, 0.1) is 5.54 Å². The first-order chi connectivity index (χ1) is 23.1. The van der Waals surface area contributed by atoms with Gasteiger partial charge in [0, 0.05) is 34.4 Å². The molecule has 1 fully saturated rings. The minimum atomic E-state index is -0.209. The van der Waals surface area contributed by atoms with Crippen LogP contribution in [0.15, 0.2) is 71.9 Å². The Morgan fingerprint density at radius 2 is 1.44 bits per heavy atom. The van der Waals surface area contributed by atoms with E-state index in [0.29, 0.717) is 23.3 Å². The van der Waals surface area contributed by atoms with Crippen LogP contribution < -0.4 is 9.64 Å². The summed E-state index contributed by atoms with van der Waals surface area (Å²) in [6.07, 6.45) is 8.40. The summed E-state index contributed by atoms with van der Waals surface area (Å²) in [6, 6.07) is 28.8. The van der Waals surface area contributed by atoms with Gasteiger partial charge in [-0.15, -0.1) is 35.4 Å². The predicted molar refractivity (Wildman–Crippen MR) is 203 cm³/mol. The number of pyridine rings is 1. The van der Waals surface area contributed by atoms with E-state index in [4.69, 9.17) is 14.7 Å². The molecule has 0 spiro atoms. The molecule has 5 heteroatoms. The van der Waals surface area contributed by atoms with E-state index in [1.807, 2.05) is 12.3 Å². The van der Waals surface area contributed by atoms with Crippen LogP contribution in [0.2, 0.25) is 0 Å². The molecule has 7 rings (SSSR count). The molecular formula is C45H53N3OPt. The summed E-state index contributed by atoms with van der Waals surface area (Å²) in [4.78, 5) is 12.9. The molecule has 3 aliphatic rings. The molecule has 1 aliphatic carbocycles. The van der Waals surface area contributed by atoms with E-state index >= 15 is 0 Å². The van der Waals surface area contributed by atoms with E-state index < -0.39 is 0 Å². The second-order valence-corrected chi connectivity index (χ2v) is 17.2. The van der Waals surface area contributed by atoms with E-state index in [-0.39, 0.29) is 42.8 Å². The molecule has 2 aliphatic heterocycles. The molecule has 0 saturated heterocycles. The average Bonchev–Trinajstić information content (AvgIpc) is 3.27. The number of nitrogens with zero attached hydrogens (tertiary/aromatic N) is 3. The summed E-state index contributed by atoms with van der Waals surface area (Å²) in [6.45, 7) is 23.2. The SMILES string of the molecule is Cc1cc(Oc2[c-]c(N3c4ccccc4C(C)(C)c4cccnc43)cc(C)c2)[c-]c(C2=N[C@](C)(C(C)(C)C)C(C)(C)C2C2CCCCC2)c1.[Pt+2]. The van der Waals surface area contributed by atoms with Crippen molar-refractivity contribution >= 4 is 22.9 Å². The largest absolute Gasteiger partial charge is 2.00 e. The van der Waals surface area contributed by atoms with Crippen LogP contribution in [0.5, 0.6) is 11.5 Å². The minimum absolute atomic E-state index is 0. The summed E-state index contributed by atoms with van der Waals surface area (Å²) >= 11 is 0. The number of aryl methyl sites for hydroxylation is 2. The van der Waals surface area contributed by atoms with Crippen LogP contribution in [0.4, 0.5) is 17.2 Å². The number of anilines is 3. The van der Waals surface area contributed by atoms with Gasteiger partial charge in [-0.2, -0.15) is 5.56 Å². The van der Waals surface area contributed by atoms with E-state index in [1.54, 1.807) is 0 Å². The van der Waals surface area contributed by atoms with Crippen LogP contribution in [0, 0.1) is 48.6 Å². The number of para-hydroxylation sites is 1. The Bertz CT molecular complexity index is 1880. The normalized spacial score (nSPS) is 22.6. The van der Waals surface area contributed by atoms with Crippen LogP contribution in [0.25, 0.3) is 0 Å². The number of aliphatic imine (C=N–C) groups is 1. The van der Waals surface area contributed by atoms with E-state index in [9.17, 15) is 0 Å². The van der Waals surface area contributed by atoms with Crippen molar-refractivity contribution in [1.82, 2.24) is 4.98 Å². The summed E-state index contributed by atoms with van der Waals surface area (Å²) in [5.41, 5.74) is 8.64. The van der Waals surface area contributed by atoms with Gasteiger partial charge in [-0.3, -0.25) is 0 Å². The summed E-state index contributed by atoms with van der Waals surface area (Å²) in [7, 11) is 0. The second kappa shape index (κ2) is 13.1. The third-order valence-corrected chi connectivity index (χ3v) is 12.4. The smallest absolute Gasteiger partial charge is 0.503 e. The van der Waals surface area contributed by atoms with Crippen LogP contribution >= 0.6 is 0 Å². The zero-order chi connectivity index (χ0) is 34.9. The molecule has 1 unspecified atom stereocenters. The van der Waals surface area contributed by atoms with Crippen molar-refractivity contribution in [2.24, 2.45) is 27.7 Å². The fourth-order valence-corrected chi connectivity index (χ4v) is 9.33. The molecule has 0 N–H and O–H groups in total. The number of ether oxygens (including phenoxy) is 1. The Morgan fingerprint density at radius 1 is 0.800 bits per heavy atom. The van der Waals surface area contributed by atoms with Gasteiger partial charge in [0.15, 0.2) is 0 Å². The van der Waals surface area contributed by atoms with Gasteiger partial charge in [0.25, 0.3) is 0 Å². The average molecular weight is 847 g/mol. The molecule has 50 heavy (non-hydrogen) atoms. The molecule has 2 atom stereocenters. The van der Waals surface area contributed by atoms with E-state index in [0.717, 1.165) is 33.9 Å². The van der Waals surface area contributed by atoms with Crippen molar-refractivity contribution in [1.29, 1.82) is 0 Å². The van der Waals surface area contributed by atoms with Gasteiger partial charge in [0.2, 0.25) is 0 Å². The van der Waals surface area contributed by atoms with Crippen LogP contribution in [0.3, 0.4) is 0 Å². The number of benzene rings is 3. The minimum Gasteiger partial charge on any atom is -0.503 e. The van der Waals surface area contributed by atoms with Crippen LogP contribution in [-0.4, -0.2) is 16.2 Å². The molecule has 1 saturated carbocycles. The van der Waals surface area contributed by atoms with Gasteiger partial charge in [-0.25, -0.2) is 4.98 Å². The maximum Gasteiger partial charge on any atom is 2.00 e. The van der Waals surface area contributed by atoms with Gasteiger partial charge in [0.1, 0.15) is 5.82 Å². The first-order valence-corrected chi connectivity index (χ1v) is 18.3. The Balaban J connectivity index is 0.00000432. The van der Waals surface area contributed by atoms with Crippen molar-refractivity contribution in [3.05, 3.63) is 107 Å². The monoisotopic (exact) mass is 846 g/mol. The zero-order valence-electron chi connectivity index (χ0n) is 31.6. The standard InChI is InChI=1S/C45H53N3O.Pt/c1-29-23-32(40-39(31-17-12-11-13-18-31)44(8,9)45(10,47-40)42(3,4)5)27-34(25-29)49-35-26-30(2)24-33(28-35)48-38-21-15-14-19-36(38)43(6,7)37-20-16-22-46-41(37)48;/h14-16,19-26,31,39H,11-13,17-18H2,1-10H3;/q-2;+2/t39?,45-;/m1./s1. The third-order valence-electron chi connectivity index (χ3n) is 12.4. The molecule has 0 bridgehead atoms. The molecular weight excluding hydrogens is 794 g/mol. The third kappa shape index (κ3) is 5.98. The molecule has 3 heterocycles. The summed E-state index contributed by atoms with van der Waals surface area (Å²) < 4.78 is 6.73. The first kappa shape index (κ1) is 36.6. The van der Waals surface area contributed by atoms with Gasteiger partial charge in [-0.05, 0) is 53.0 Å². The molecule has 0 amide bonds. The van der Waals surface area contributed by atoms with Gasteiger partial charge >= 0.3 is 21.1 Å². The van der Waals surface area contributed by atoms with Gasteiger partial charge < -0.3 is 14.6 Å². The maximum absolute atomic E-state index is 6.73. The summed E-state index contributed by atoms with van der Waals surface area (Å²) in [5.74, 6) is 3.30. The fourth-order valence-electron chi connectivity index (χ4n) is 9.33. The second-order valence-electron chi connectivity index (χ2n) is 17.2. The number of aromatic nitrogens is 1. The van der Waals surface area contributed by atoms with E-state index in [2.05, 4.69) is 141 Å². The molecule has 3 aromatic carbocycles. The first-order valence-electron chi connectivity index (χ1n) is 18.3. The number of hydrogen-bond donors (Lipinski definition) is 0. The summed E-state index contributed by atoms with van der Waals surface area (Å²) in [5, 5.41) is 0. The Morgan fingerprint density at radius 3 is 2.14 bits per heavy atom. The molecule has 4 aromatic rings. The van der Waals surface area contributed by atoms with Crippen LogP contribution in [0.1, 0.15) is 115 Å². The van der Waals surface area contributed by atoms with Crippen molar-refractivity contribution < 1.29 is 25.8 Å². The molecule has 264 valence electrons. The van der Waals surface area contributed by atoms with Crippen molar-refractivity contribution in [3.8, 4) is 11.5 Å². The van der Waals surface area contributed by atoms with Crippen molar-refractivity contribution in [3.63, 3.8) is 0 Å².